The first kappa shape index (κ1) is 54.1. The zero-order valence-corrected chi connectivity index (χ0v) is 47.4. The number of carbonyl (C=O) groups excluding carboxylic acids is 3. The summed E-state index contributed by atoms with van der Waals surface area (Å²) in [6.45, 7) is 9.14. The third-order valence-electron chi connectivity index (χ3n) is 12.0. The van der Waals surface area contributed by atoms with Crippen molar-refractivity contribution in [2.45, 2.75) is 74.2 Å². The Morgan fingerprint density at radius 1 is 0.639 bits per heavy atom. The summed E-state index contributed by atoms with van der Waals surface area (Å²) >= 11 is 31.6. The van der Waals surface area contributed by atoms with Gasteiger partial charge in [-0.25, -0.2) is 41.4 Å². The highest BCUT2D eigenvalue weighted by Crippen LogP contribution is 2.47. The van der Waals surface area contributed by atoms with E-state index >= 15 is 0 Å². The van der Waals surface area contributed by atoms with Gasteiger partial charge < -0.3 is 9.64 Å². The van der Waals surface area contributed by atoms with Crippen LogP contribution >= 0.6 is 88.9 Å². The molecule has 72 heavy (non-hydrogen) atoms. The quantitative estimate of drug-likeness (QED) is 0.127. The van der Waals surface area contributed by atoms with Crippen LogP contribution in [0.15, 0.2) is 116 Å². The van der Waals surface area contributed by atoms with E-state index in [0.29, 0.717) is 31.5 Å². The molecular formula is C47H43Br2Cl5N8O8S2. The number of piperazine rings is 1. The summed E-state index contributed by atoms with van der Waals surface area (Å²) in [7, 11) is -2.63. The fourth-order valence-electron chi connectivity index (χ4n) is 8.79. The number of fused-ring (bicyclic) bond motifs is 2. The van der Waals surface area contributed by atoms with Crippen molar-refractivity contribution < 1.29 is 36.0 Å². The largest absolute Gasteiger partial charge is 0.444 e. The van der Waals surface area contributed by atoms with E-state index in [0.717, 1.165) is 26.3 Å². The second-order valence-corrected chi connectivity index (χ2v) is 26.4. The first-order valence-corrected chi connectivity index (χ1v) is 28.6. The van der Waals surface area contributed by atoms with Crippen molar-refractivity contribution in [1.29, 1.82) is 0 Å². The molecule has 25 heteroatoms. The predicted octanol–water partition coefficient (Wildman–Crippen LogP) is 11.3. The number of sulfonamides is 1. The average Bonchev–Trinajstić information content (AvgIpc) is 4.03. The number of amides is 3. The number of benzene rings is 4. The van der Waals surface area contributed by atoms with Gasteiger partial charge in [-0.3, -0.25) is 18.7 Å². The zero-order chi connectivity index (χ0) is 52.5. The summed E-state index contributed by atoms with van der Waals surface area (Å²) in [5.74, 6) is -0.493. The van der Waals surface area contributed by atoms with Gasteiger partial charge in [0.25, 0.3) is 30.9 Å². The Hall–Kier alpha value is -4.22. The van der Waals surface area contributed by atoms with Gasteiger partial charge in [-0.15, -0.1) is 0 Å². The van der Waals surface area contributed by atoms with Gasteiger partial charge >= 0.3 is 6.09 Å². The van der Waals surface area contributed by atoms with Crippen molar-refractivity contribution in [2.75, 3.05) is 36.0 Å². The highest BCUT2D eigenvalue weighted by molar-refractivity contribution is 9.10. The van der Waals surface area contributed by atoms with Gasteiger partial charge in [-0.2, -0.15) is 4.31 Å². The van der Waals surface area contributed by atoms with Gasteiger partial charge in [0.15, 0.2) is 10.1 Å². The number of nitrogens with zero attached hydrogens (tertiary/aromatic N) is 8. The number of aromatic nitrogens is 4. The van der Waals surface area contributed by atoms with Crippen molar-refractivity contribution in [3.8, 4) is 0 Å². The van der Waals surface area contributed by atoms with Crippen molar-refractivity contribution in [1.82, 2.24) is 28.3 Å². The van der Waals surface area contributed by atoms with Gasteiger partial charge in [-0.1, -0.05) is 103 Å². The van der Waals surface area contributed by atoms with Crippen LogP contribution < -0.4 is 9.80 Å². The maximum absolute atomic E-state index is 14.2. The molecule has 3 aliphatic rings. The van der Waals surface area contributed by atoms with E-state index in [1.807, 2.05) is 48.5 Å². The molecule has 2 atom stereocenters. The molecule has 3 amide bonds. The van der Waals surface area contributed by atoms with Crippen LogP contribution in [0.4, 0.5) is 28.1 Å². The molecule has 3 aliphatic heterocycles. The molecule has 380 valence electrons. The second kappa shape index (κ2) is 20.1. The lowest BCUT2D eigenvalue weighted by atomic mass is 9.92. The maximum Gasteiger partial charge on any atom is 0.410 e. The molecule has 0 radical (unpaired) electrons. The van der Waals surface area contributed by atoms with E-state index in [1.165, 1.54) is 40.4 Å². The highest BCUT2D eigenvalue weighted by atomic mass is 79.9. The normalized spacial score (nSPS) is 19.3. The third-order valence-corrected chi connectivity index (χ3v) is 17.1. The fourth-order valence-corrected chi connectivity index (χ4v) is 13.0. The average molecular weight is 1250 g/mol. The molecule has 0 saturated carbocycles. The molecular weight excluding hydrogens is 1210 g/mol. The van der Waals surface area contributed by atoms with Crippen molar-refractivity contribution in [3.05, 3.63) is 137 Å². The number of halogens is 7. The van der Waals surface area contributed by atoms with Gasteiger partial charge in [0.05, 0.1) is 23.8 Å². The molecule has 2 aromatic heterocycles. The SMILES string of the molecule is CC(C)(C)OC(=O)N1CCN(S(=O)(=O)c2cnc3n2[C@](C)(Cc2ccc(Br)cc2)C(=O)N3c2cc(Cl)cc(Cl)c2)CC1.C[C@@]1(Cc2ccc(Br)cc2)C(=O)N(c2cc(Cl)cc(Cl)c2)c2ncc(S(=O)(=O)Cl)n21. The van der Waals surface area contributed by atoms with Crippen LogP contribution in [0.25, 0.3) is 0 Å². The van der Waals surface area contributed by atoms with Crippen LogP contribution in [0.2, 0.25) is 20.1 Å². The standard InChI is InChI=1S/C28H30BrCl2N5O5S.C19H13BrCl3N3O3S/c1-27(2,3)41-26(38)33-9-11-34(12-10-33)42(39,40)23-17-32-25-35(22-14-20(30)13-21(31)15-22)24(37)28(4,36(23)25)16-18-5-7-19(29)8-6-18;1-19(9-11-2-4-12(20)5-3-11)17(27)25(15-7-13(21)6-14(22)8-15)18-24-10-16(26(18)19)30(23,28)29/h5-8,13-15,17H,9-12,16H2,1-4H3;2-8,10H,9H2,1H3/t28-;19-/m11/s1. The molecule has 1 fully saturated rings. The Morgan fingerprint density at radius 2 is 1.01 bits per heavy atom. The topological polar surface area (TPSA) is 177 Å². The molecule has 16 nitrogen and oxygen atoms in total. The van der Waals surface area contributed by atoms with Crippen LogP contribution in [0.1, 0.15) is 45.7 Å². The molecule has 0 aliphatic carbocycles. The first-order valence-electron chi connectivity index (χ1n) is 21.8. The van der Waals surface area contributed by atoms with Crippen LogP contribution in [-0.2, 0) is 57.3 Å². The summed E-state index contributed by atoms with van der Waals surface area (Å²) < 4.78 is 64.0. The minimum absolute atomic E-state index is 0.0626. The van der Waals surface area contributed by atoms with Crippen LogP contribution in [0.3, 0.4) is 0 Å². The Balaban J connectivity index is 0.000000204. The van der Waals surface area contributed by atoms with Gasteiger partial charge in [0.1, 0.15) is 16.7 Å². The highest BCUT2D eigenvalue weighted by Gasteiger charge is 2.54. The minimum atomic E-state index is -4.17. The first-order chi connectivity index (χ1) is 33.6. The molecule has 6 aromatic rings. The molecule has 1 saturated heterocycles. The summed E-state index contributed by atoms with van der Waals surface area (Å²) in [5, 5.41) is 0.918. The Morgan fingerprint density at radius 3 is 1.39 bits per heavy atom. The van der Waals surface area contributed by atoms with Crippen molar-refractivity contribution >= 4 is 149 Å². The van der Waals surface area contributed by atoms with Gasteiger partial charge in [-0.05, 0) is 106 Å². The monoisotopic (exact) mass is 1240 g/mol. The molecule has 9 rings (SSSR count). The predicted molar refractivity (Wildman–Crippen MR) is 284 cm³/mol. The number of rotatable bonds is 9. The number of imidazole rings is 2. The van der Waals surface area contributed by atoms with Crippen LogP contribution in [0, 0.1) is 0 Å². The molecule has 5 heterocycles. The molecule has 0 N–H and O–H groups in total. The Labute approximate surface area is 457 Å². The molecule has 0 spiro atoms. The fraction of sp³-hybridized carbons (Fsp3) is 0.298. The van der Waals surface area contributed by atoms with Crippen molar-refractivity contribution in [3.63, 3.8) is 0 Å². The zero-order valence-electron chi connectivity index (χ0n) is 38.8. The van der Waals surface area contributed by atoms with E-state index in [4.69, 9.17) is 61.8 Å². The van der Waals surface area contributed by atoms with E-state index in [9.17, 15) is 31.2 Å². The summed E-state index contributed by atoms with van der Waals surface area (Å²) in [6.07, 6.45) is 2.34. The summed E-state index contributed by atoms with van der Waals surface area (Å²) in [6, 6.07) is 24.3. The van der Waals surface area contributed by atoms with E-state index < -0.39 is 41.8 Å². The summed E-state index contributed by atoms with van der Waals surface area (Å²) in [5.41, 5.74) is -0.905. The lowest BCUT2D eigenvalue weighted by molar-refractivity contribution is -0.124. The van der Waals surface area contributed by atoms with Crippen molar-refractivity contribution in [2.24, 2.45) is 0 Å². The molecule has 4 aromatic carbocycles. The van der Waals surface area contributed by atoms with E-state index in [2.05, 4.69) is 41.8 Å². The smallest absolute Gasteiger partial charge is 0.410 e. The van der Waals surface area contributed by atoms with Crippen LogP contribution in [0.5, 0.6) is 0 Å². The lowest BCUT2D eigenvalue weighted by Gasteiger charge is -2.35. The summed E-state index contributed by atoms with van der Waals surface area (Å²) in [4.78, 5) is 53.2. The Bertz CT molecular complexity index is 3330. The number of hydrogen-bond acceptors (Lipinski definition) is 10. The van der Waals surface area contributed by atoms with Gasteiger partial charge in [0, 0.05) is 78.7 Å². The third kappa shape index (κ3) is 10.7. The maximum atomic E-state index is 14.2. The number of ether oxygens (including phenoxy) is 1. The minimum Gasteiger partial charge on any atom is -0.444 e. The lowest BCUT2D eigenvalue weighted by Crippen LogP contribution is -2.52. The van der Waals surface area contributed by atoms with Crippen LogP contribution in [-0.4, -0.2) is 94.8 Å². The van der Waals surface area contributed by atoms with Gasteiger partial charge in [0.2, 0.25) is 11.9 Å². The molecule has 0 bridgehead atoms. The van der Waals surface area contributed by atoms with E-state index in [-0.39, 0.29) is 72.8 Å². The van der Waals surface area contributed by atoms with E-state index in [1.54, 1.807) is 65.0 Å². The second-order valence-electron chi connectivity index (χ2n) is 18.5. The number of anilines is 4. The number of hydrogen-bond donors (Lipinski definition) is 0. The number of carbonyl (C=O) groups is 3. The Kier molecular flexibility index (Phi) is 15.1. The molecule has 0 unspecified atom stereocenters.